The molecule has 0 unspecified atom stereocenters. The van der Waals surface area contributed by atoms with Gasteiger partial charge < -0.3 is 10.1 Å². The minimum absolute atomic E-state index is 0.0647. The van der Waals surface area contributed by atoms with Crippen LogP contribution in [0.4, 0.5) is 0 Å². The average Bonchev–Trinajstić information content (AvgIpc) is 2.44. The summed E-state index contributed by atoms with van der Waals surface area (Å²) < 4.78 is 5.34. The number of hydrogen-bond donors (Lipinski definition) is 1. The summed E-state index contributed by atoms with van der Waals surface area (Å²) in [5.74, 6) is 0.343. The Bertz CT molecular complexity index is 602. The van der Waals surface area contributed by atoms with E-state index in [-0.39, 0.29) is 12.5 Å². The molecule has 0 fully saturated rings. The summed E-state index contributed by atoms with van der Waals surface area (Å²) in [6.07, 6.45) is 0. The van der Waals surface area contributed by atoms with Gasteiger partial charge in [0.25, 0.3) is 5.91 Å². The molecule has 0 aliphatic heterocycles. The van der Waals surface area contributed by atoms with E-state index < -0.39 is 0 Å². The monoisotopic (exact) mass is 309 g/mol. The van der Waals surface area contributed by atoms with Crippen molar-refractivity contribution in [3.05, 3.63) is 64.1 Å². The van der Waals surface area contributed by atoms with Crippen LogP contribution in [0.3, 0.4) is 0 Å². The van der Waals surface area contributed by atoms with Gasteiger partial charge in [-0.15, -0.1) is 0 Å². The maximum atomic E-state index is 11.7. The van der Waals surface area contributed by atoms with Crippen LogP contribution in [-0.4, -0.2) is 12.5 Å². The van der Waals surface area contributed by atoms with Gasteiger partial charge >= 0.3 is 0 Å². The highest BCUT2D eigenvalue weighted by atomic mass is 35.5. The molecule has 0 atom stereocenters. The molecule has 2 aromatic rings. The van der Waals surface area contributed by atoms with E-state index in [4.69, 9.17) is 27.9 Å². The minimum atomic E-state index is -0.218. The van der Waals surface area contributed by atoms with Crippen molar-refractivity contribution in [3.63, 3.8) is 0 Å². The number of nitrogens with one attached hydrogen (secondary N) is 1. The molecule has 5 heteroatoms. The lowest BCUT2D eigenvalue weighted by molar-refractivity contribution is -0.123. The average molecular weight is 310 g/mol. The maximum Gasteiger partial charge on any atom is 0.258 e. The van der Waals surface area contributed by atoms with Crippen molar-refractivity contribution in [1.82, 2.24) is 5.32 Å². The Morgan fingerprint density at radius 2 is 1.90 bits per heavy atom. The predicted molar refractivity (Wildman–Crippen MR) is 80.2 cm³/mol. The molecule has 3 nitrogen and oxygen atoms in total. The molecular weight excluding hydrogens is 297 g/mol. The van der Waals surface area contributed by atoms with Gasteiger partial charge in [-0.2, -0.15) is 0 Å². The van der Waals surface area contributed by atoms with Crippen molar-refractivity contribution in [2.24, 2.45) is 0 Å². The second-order valence-corrected chi connectivity index (χ2v) is 4.96. The van der Waals surface area contributed by atoms with Gasteiger partial charge in [-0.1, -0.05) is 47.5 Å². The van der Waals surface area contributed by atoms with Crippen LogP contribution in [-0.2, 0) is 11.3 Å². The smallest absolute Gasteiger partial charge is 0.258 e. The van der Waals surface area contributed by atoms with Crippen LogP contribution in [0, 0.1) is 0 Å². The molecule has 0 spiro atoms. The van der Waals surface area contributed by atoms with Crippen molar-refractivity contribution in [2.45, 2.75) is 6.54 Å². The minimum Gasteiger partial charge on any atom is -0.484 e. The van der Waals surface area contributed by atoms with Gasteiger partial charge in [-0.3, -0.25) is 4.79 Å². The molecule has 2 aromatic carbocycles. The standard InChI is InChI=1S/C15H13Cl2NO2/c16-12-5-3-6-13(8-12)20-10-15(19)18-9-11-4-1-2-7-14(11)17/h1-8H,9-10H2,(H,18,19). The van der Waals surface area contributed by atoms with Crippen LogP contribution >= 0.6 is 23.2 Å². The second kappa shape index (κ2) is 7.17. The molecule has 0 bridgehead atoms. The number of amides is 1. The summed E-state index contributed by atoms with van der Waals surface area (Å²) in [7, 11) is 0. The highest BCUT2D eigenvalue weighted by molar-refractivity contribution is 6.31. The Labute approximate surface area is 127 Å². The number of rotatable bonds is 5. The number of halogens is 2. The Hall–Kier alpha value is -1.71. The Kier molecular flexibility index (Phi) is 5.27. The van der Waals surface area contributed by atoms with Gasteiger partial charge in [0, 0.05) is 16.6 Å². The van der Waals surface area contributed by atoms with Crippen molar-refractivity contribution in [3.8, 4) is 5.75 Å². The van der Waals surface area contributed by atoms with E-state index in [0.717, 1.165) is 5.56 Å². The van der Waals surface area contributed by atoms with Crippen LogP contribution in [0.5, 0.6) is 5.75 Å². The fraction of sp³-hybridized carbons (Fsp3) is 0.133. The molecule has 0 saturated heterocycles. The zero-order valence-electron chi connectivity index (χ0n) is 10.6. The second-order valence-electron chi connectivity index (χ2n) is 4.11. The third-order valence-corrected chi connectivity index (χ3v) is 3.20. The summed E-state index contributed by atoms with van der Waals surface area (Å²) in [4.78, 5) is 11.7. The van der Waals surface area contributed by atoms with Gasteiger partial charge in [0.1, 0.15) is 5.75 Å². The lowest BCUT2D eigenvalue weighted by Crippen LogP contribution is -2.28. The molecule has 104 valence electrons. The molecule has 1 amide bonds. The van der Waals surface area contributed by atoms with Gasteiger partial charge in [0.2, 0.25) is 0 Å². The summed E-state index contributed by atoms with van der Waals surface area (Å²) in [6.45, 7) is 0.308. The van der Waals surface area contributed by atoms with E-state index in [2.05, 4.69) is 5.32 Å². The van der Waals surface area contributed by atoms with E-state index in [9.17, 15) is 4.79 Å². The largest absolute Gasteiger partial charge is 0.484 e. The van der Waals surface area contributed by atoms with Crippen LogP contribution < -0.4 is 10.1 Å². The van der Waals surface area contributed by atoms with Crippen molar-refractivity contribution in [1.29, 1.82) is 0 Å². The normalized spacial score (nSPS) is 10.1. The number of carbonyl (C=O) groups excluding carboxylic acids is 1. The Morgan fingerprint density at radius 3 is 2.65 bits per heavy atom. The first-order valence-electron chi connectivity index (χ1n) is 6.03. The maximum absolute atomic E-state index is 11.7. The van der Waals surface area contributed by atoms with Crippen molar-refractivity contribution in [2.75, 3.05) is 6.61 Å². The van der Waals surface area contributed by atoms with Gasteiger partial charge in [-0.25, -0.2) is 0 Å². The summed E-state index contributed by atoms with van der Waals surface area (Å²) in [6, 6.07) is 14.3. The van der Waals surface area contributed by atoms with Gasteiger partial charge in [0.05, 0.1) is 0 Å². The molecule has 0 saturated carbocycles. The molecule has 0 aliphatic rings. The third kappa shape index (κ3) is 4.44. The summed E-state index contributed by atoms with van der Waals surface area (Å²) >= 11 is 11.8. The molecule has 0 aliphatic carbocycles. The lowest BCUT2D eigenvalue weighted by Gasteiger charge is -2.08. The van der Waals surface area contributed by atoms with E-state index in [1.165, 1.54) is 0 Å². The van der Waals surface area contributed by atoms with Crippen LogP contribution in [0.25, 0.3) is 0 Å². The zero-order chi connectivity index (χ0) is 14.4. The van der Waals surface area contributed by atoms with Crippen LogP contribution in [0.2, 0.25) is 10.0 Å². The Balaban J connectivity index is 1.80. The van der Waals surface area contributed by atoms with Crippen LogP contribution in [0.1, 0.15) is 5.56 Å². The first-order valence-corrected chi connectivity index (χ1v) is 6.79. The summed E-state index contributed by atoms with van der Waals surface area (Å²) in [5, 5.41) is 3.94. The third-order valence-electron chi connectivity index (χ3n) is 2.60. The van der Waals surface area contributed by atoms with Crippen LogP contribution in [0.15, 0.2) is 48.5 Å². The highest BCUT2D eigenvalue weighted by Gasteiger charge is 2.05. The van der Waals surface area contributed by atoms with E-state index in [0.29, 0.717) is 22.3 Å². The highest BCUT2D eigenvalue weighted by Crippen LogP contribution is 2.17. The van der Waals surface area contributed by atoms with Crippen molar-refractivity contribution >= 4 is 29.1 Å². The fourth-order valence-electron chi connectivity index (χ4n) is 1.59. The first kappa shape index (κ1) is 14.7. The number of ether oxygens (including phenoxy) is 1. The quantitative estimate of drug-likeness (QED) is 0.914. The first-order chi connectivity index (χ1) is 9.65. The predicted octanol–water partition coefficient (Wildman–Crippen LogP) is 3.69. The lowest BCUT2D eigenvalue weighted by atomic mass is 10.2. The topological polar surface area (TPSA) is 38.3 Å². The molecule has 20 heavy (non-hydrogen) atoms. The number of carbonyl (C=O) groups is 1. The molecule has 0 aromatic heterocycles. The van der Waals surface area contributed by atoms with Gasteiger partial charge in [-0.05, 0) is 29.8 Å². The van der Waals surface area contributed by atoms with E-state index >= 15 is 0 Å². The number of benzene rings is 2. The van der Waals surface area contributed by atoms with Gasteiger partial charge in [0.15, 0.2) is 6.61 Å². The molecule has 0 heterocycles. The zero-order valence-corrected chi connectivity index (χ0v) is 12.1. The van der Waals surface area contributed by atoms with E-state index in [1.807, 2.05) is 18.2 Å². The fourth-order valence-corrected chi connectivity index (χ4v) is 1.98. The Morgan fingerprint density at radius 1 is 1.10 bits per heavy atom. The SMILES string of the molecule is O=C(COc1cccc(Cl)c1)NCc1ccccc1Cl. The van der Waals surface area contributed by atoms with Crippen molar-refractivity contribution < 1.29 is 9.53 Å². The van der Waals surface area contributed by atoms with E-state index in [1.54, 1.807) is 30.3 Å². The molecule has 2 rings (SSSR count). The molecule has 0 radical (unpaired) electrons. The summed E-state index contributed by atoms with van der Waals surface area (Å²) in [5.41, 5.74) is 0.866. The molecule has 1 N–H and O–H groups in total. The number of hydrogen-bond acceptors (Lipinski definition) is 2. The molecular formula is C15H13Cl2NO2.